The summed E-state index contributed by atoms with van der Waals surface area (Å²) in [6.07, 6.45) is 0. The van der Waals surface area contributed by atoms with E-state index >= 15 is 0 Å². The molecule has 2 nitrogen and oxygen atoms in total. The molecule has 0 amide bonds. The zero-order valence-electron chi connectivity index (χ0n) is 4.94. The Bertz CT molecular complexity index is 76.4. The number of aliphatic carboxylic acids is 1. The molecule has 3 heteroatoms. The first-order valence-electron chi connectivity index (χ1n) is 1.91. The quantitative estimate of drug-likeness (QED) is 0.493. The number of carbonyl (C=O) groups is 1. The Kier molecular flexibility index (Phi) is 8.89. The summed E-state index contributed by atoms with van der Waals surface area (Å²) < 4.78 is 0. The number of carboxylic acids is 1. The van der Waals surface area contributed by atoms with E-state index in [0.29, 0.717) is 0 Å². The normalized spacial score (nSPS) is 6.38. The zero-order valence-corrected chi connectivity index (χ0v) is 6.53. The lowest BCUT2D eigenvalue weighted by molar-refractivity contribution is -0.132. The lowest BCUT2D eigenvalue weighted by Gasteiger charge is -1.79. The highest BCUT2D eigenvalue weighted by atomic mass is 79.9. The van der Waals surface area contributed by atoms with Crippen molar-refractivity contribution in [3.63, 3.8) is 0 Å². The molecular formula is C5H9BrO2. The fraction of sp³-hybridized carbons (Fsp3) is 0.400. The van der Waals surface area contributed by atoms with Crippen LogP contribution in [-0.4, -0.2) is 16.9 Å². The molecule has 0 spiro atoms. The van der Waals surface area contributed by atoms with Crippen molar-refractivity contribution in [2.75, 3.05) is 5.83 Å². The third kappa shape index (κ3) is 9.19. The largest absolute Gasteiger partial charge is 0.478 e. The lowest BCUT2D eigenvalue weighted by atomic mass is 10.4. The summed E-state index contributed by atoms with van der Waals surface area (Å²) >= 11 is 2.94. The van der Waals surface area contributed by atoms with Crippen LogP contribution in [0.2, 0.25) is 0 Å². The predicted octanol–water partition coefficient (Wildman–Crippen LogP) is 1.66. The number of hydrogen-bond donors (Lipinski definition) is 1. The first-order valence-corrected chi connectivity index (χ1v) is 3.50. The summed E-state index contributed by atoms with van der Waals surface area (Å²) in [7, 11) is 0. The third-order valence-electron chi connectivity index (χ3n) is 0.365. The van der Waals surface area contributed by atoms with Crippen molar-refractivity contribution in [1.82, 2.24) is 0 Å². The topological polar surface area (TPSA) is 37.3 Å². The van der Waals surface area contributed by atoms with Crippen LogP contribution in [0.3, 0.4) is 0 Å². The van der Waals surface area contributed by atoms with Gasteiger partial charge in [0.05, 0.1) is 0 Å². The van der Waals surface area contributed by atoms with Gasteiger partial charge in [-0.25, -0.2) is 4.79 Å². The van der Waals surface area contributed by atoms with Crippen LogP contribution < -0.4 is 0 Å². The Hall–Kier alpha value is -0.310. The highest BCUT2D eigenvalue weighted by molar-refractivity contribution is 9.08. The van der Waals surface area contributed by atoms with Gasteiger partial charge in [0.2, 0.25) is 0 Å². The molecule has 0 rings (SSSR count). The Balaban J connectivity index is 0. The van der Waals surface area contributed by atoms with Crippen LogP contribution in [0.25, 0.3) is 0 Å². The minimum absolute atomic E-state index is 0.176. The predicted molar refractivity (Wildman–Crippen MR) is 37.3 cm³/mol. The van der Waals surface area contributed by atoms with Crippen LogP contribution in [0.5, 0.6) is 0 Å². The standard InChI is InChI=1S/C4H6O2.CH3Br/c1-3(2)4(5)6;1-2/h1H2,2H3,(H,5,6);1H3. The molecule has 0 bridgehead atoms. The first-order chi connectivity index (χ1) is 3.64. The fourth-order valence-electron chi connectivity index (χ4n) is 0. The van der Waals surface area contributed by atoms with E-state index in [9.17, 15) is 4.79 Å². The van der Waals surface area contributed by atoms with Gasteiger partial charge in [0.15, 0.2) is 0 Å². The van der Waals surface area contributed by atoms with E-state index < -0.39 is 5.97 Å². The summed E-state index contributed by atoms with van der Waals surface area (Å²) in [6, 6.07) is 0. The van der Waals surface area contributed by atoms with E-state index in [0.717, 1.165) is 0 Å². The van der Waals surface area contributed by atoms with Crippen LogP contribution >= 0.6 is 15.9 Å². The molecule has 0 radical (unpaired) electrons. The third-order valence-corrected chi connectivity index (χ3v) is 0.365. The fourth-order valence-corrected chi connectivity index (χ4v) is 0. The summed E-state index contributed by atoms with van der Waals surface area (Å²) in [4.78, 5) is 9.60. The van der Waals surface area contributed by atoms with E-state index in [2.05, 4.69) is 22.5 Å². The SMILES string of the molecule is C=C(C)C(=O)O.CBr. The molecule has 0 aliphatic rings. The second-order valence-electron chi connectivity index (χ2n) is 1.09. The van der Waals surface area contributed by atoms with Crippen molar-refractivity contribution in [2.45, 2.75) is 6.92 Å². The second-order valence-corrected chi connectivity index (χ2v) is 1.09. The summed E-state index contributed by atoms with van der Waals surface area (Å²) in [6.45, 7) is 4.60. The number of rotatable bonds is 1. The monoisotopic (exact) mass is 180 g/mol. The summed E-state index contributed by atoms with van der Waals surface area (Å²) in [5.41, 5.74) is 0.176. The molecule has 1 N–H and O–H groups in total. The Morgan fingerprint density at radius 1 is 1.62 bits per heavy atom. The van der Waals surface area contributed by atoms with Gasteiger partial charge in [-0.05, 0) is 12.8 Å². The maximum absolute atomic E-state index is 9.60. The maximum atomic E-state index is 9.60. The molecule has 0 heterocycles. The summed E-state index contributed by atoms with van der Waals surface area (Å²) in [5, 5.41) is 7.89. The van der Waals surface area contributed by atoms with Crippen molar-refractivity contribution in [1.29, 1.82) is 0 Å². The maximum Gasteiger partial charge on any atom is 0.330 e. The Labute approximate surface area is 57.3 Å². The molecule has 0 atom stereocenters. The molecule has 0 aliphatic carbocycles. The van der Waals surface area contributed by atoms with Crippen LogP contribution in [0.4, 0.5) is 0 Å². The van der Waals surface area contributed by atoms with Gasteiger partial charge in [0, 0.05) is 5.57 Å². The zero-order chi connectivity index (χ0) is 7.15. The molecule has 0 aromatic heterocycles. The van der Waals surface area contributed by atoms with Crippen molar-refractivity contribution >= 4 is 21.9 Å². The van der Waals surface area contributed by atoms with Crippen LogP contribution in [0.1, 0.15) is 6.92 Å². The van der Waals surface area contributed by atoms with Gasteiger partial charge in [0.25, 0.3) is 0 Å². The van der Waals surface area contributed by atoms with Gasteiger partial charge in [-0.2, -0.15) is 0 Å². The van der Waals surface area contributed by atoms with E-state index in [1.807, 2.05) is 5.83 Å². The average Bonchev–Trinajstić information content (AvgIpc) is 1.72. The minimum Gasteiger partial charge on any atom is -0.478 e. The lowest BCUT2D eigenvalue weighted by Crippen LogP contribution is -1.92. The van der Waals surface area contributed by atoms with Crippen molar-refractivity contribution in [3.8, 4) is 0 Å². The van der Waals surface area contributed by atoms with Gasteiger partial charge in [0.1, 0.15) is 0 Å². The first kappa shape index (κ1) is 10.6. The van der Waals surface area contributed by atoms with Gasteiger partial charge >= 0.3 is 5.97 Å². The van der Waals surface area contributed by atoms with E-state index in [1.165, 1.54) is 6.92 Å². The molecule has 0 aliphatic heterocycles. The molecule has 48 valence electrons. The van der Waals surface area contributed by atoms with Crippen molar-refractivity contribution in [3.05, 3.63) is 12.2 Å². The van der Waals surface area contributed by atoms with Crippen LogP contribution in [-0.2, 0) is 4.79 Å². The van der Waals surface area contributed by atoms with E-state index in [4.69, 9.17) is 5.11 Å². The number of hydrogen-bond acceptors (Lipinski definition) is 1. The molecule has 0 saturated heterocycles. The molecule has 0 unspecified atom stereocenters. The molecule has 0 aromatic carbocycles. The Morgan fingerprint density at radius 3 is 1.75 bits per heavy atom. The second kappa shape index (κ2) is 6.69. The number of halogens is 1. The van der Waals surface area contributed by atoms with Crippen molar-refractivity contribution < 1.29 is 9.90 Å². The highest BCUT2D eigenvalue weighted by Crippen LogP contribution is 1.81. The minimum atomic E-state index is -0.935. The van der Waals surface area contributed by atoms with Gasteiger partial charge in [-0.1, -0.05) is 22.5 Å². The van der Waals surface area contributed by atoms with E-state index in [1.54, 1.807) is 0 Å². The molecule has 0 saturated carbocycles. The number of carboxylic acid groups (broad SMARTS) is 1. The molecular weight excluding hydrogens is 172 g/mol. The smallest absolute Gasteiger partial charge is 0.330 e. The van der Waals surface area contributed by atoms with Gasteiger partial charge in [-0.15, -0.1) is 0 Å². The molecule has 0 aromatic rings. The molecule has 0 fully saturated rings. The van der Waals surface area contributed by atoms with Gasteiger partial charge in [-0.3, -0.25) is 0 Å². The van der Waals surface area contributed by atoms with Crippen LogP contribution in [0, 0.1) is 0 Å². The van der Waals surface area contributed by atoms with Gasteiger partial charge < -0.3 is 5.11 Å². The summed E-state index contributed by atoms with van der Waals surface area (Å²) in [5.74, 6) is 0.877. The highest BCUT2D eigenvalue weighted by Gasteiger charge is 1.90. The molecule has 8 heavy (non-hydrogen) atoms. The number of alkyl halides is 1. The van der Waals surface area contributed by atoms with Crippen molar-refractivity contribution in [2.24, 2.45) is 0 Å². The average molecular weight is 181 g/mol. The van der Waals surface area contributed by atoms with Crippen LogP contribution in [0.15, 0.2) is 12.2 Å². The van der Waals surface area contributed by atoms with E-state index in [-0.39, 0.29) is 5.57 Å². The Morgan fingerprint density at radius 2 is 1.75 bits per heavy atom.